The van der Waals surface area contributed by atoms with Crippen LogP contribution in [0.2, 0.25) is 10.0 Å². The number of rotatable bonds is 7. The van der Waals surface area contributed by atoms with Crippen molar-refractivity contribution in [3.05, 3.63) is 28.2 Å². The average Bonchev–Trinajstić information content (AvgIpc) is 2.39. The van der Waals surface area contributed by atoms with Gasteiger partial charge in [0.05, 0.1) is 10.7 Å². The van der Waals surface area contributed by atoms with Gasteiger partial charge in [0.1, 0.15) is 0 Å². The lowest BCUT2D eigenvalue weighted by molar-refractivity contribution is -0.118. The summed E-state index contributed by atoms with van der Waals surface area (Å²) in [5.74, 6) is 0.0825. The summed E-state index contributed by atoms with van der Waals surface area (Å²) in [7, 11) is 4.09. The smallest absolute Gasteiger partial charge is 0.226 e. The fourth-order valence-corrected chi connectivity index (χ4v) is 2.48. The Morgan fingerprint density at radius 2 is 1.76 bits per heavy atom. The summed E-state index contributed by atoms with van der Waals surface area (Å²) in [6, 6.07) is 5.25. The molecule has 0 bridgehead atoms. The maximum atomic E-state index is 12.1. The molecule has 0 atom stereocenters. The Morgan fingerprint density at radius 1 is 1.14 bits per heavy atom. The van der Waals surface area contributed by atoms with Crippen LogP contribution in [-0.4, -0.2) is 38.0 Å². The van der Waals surface area contributed by atoms with Crippen LogP contribution < -0.4 is 4.90 Å². The third kappa shape index (κ3) is 6.88. The van der Waals surface area contributed by atoms with Gasteiger partial charge in [-0.15, -0.1) is 12.4 Å². The predicted molar refractivity (Wildman–Crippen MR) is 94.1 cm³/mol. The molecule has 3 nitrogen and oxygen atoms in total. The van der Waals surface area contributed by atoms with Gasteiger partial charge in [-0.25, -0.2) is 0 Å². The zero-order chi connectivity index (χ0) is 15.1. The van der Waals surface area contributed by atoms with Crippen molar-refractivity contribution >= 4 is 47.2 Å². The normalized spacial score (nSPS) is 10.4. The van der Waals surface area contributed by atoms with Crippen LogP contribution in [0, 0.1) is 0 Å². The topological polar surface area (TPSA) is 23.6 Å². The van der Waals surface area contributed by atoms with Crippen LogP contribution in [0.4, 0.5) is 5.69 Å². The number of nitrogens with zero attached hydrogens (tertiary/aromatic N) is 2. The van der Waals surface area contributed by atoms with Crippen molar-refractivity contribution in [3.8, 4) is 0 Å². The first kappa shape index (κ1) is 20.5. The van der Waals surface area contributed by atoms with Crippen LogP contribution in [0.3, 0.4) is 0 Å². The fourth-order valence-electron chi connectivity index (χ4n) is 1.97. The molecule has 0 aromatic heterocycles. The fraction of sp³-hybridized carbons (Fsp3) is 0.533. The van der Waals surface area contributed by atoms with E-state index in [9.17, 15) is 4.79 Å². The molecule has 1 amide bonds. The molecule has 1 aromatic carbocycles. The van der Waals surface area contributed by atoms with Crippen molar-refractivity contribution in [1.82, 2.24) is 4.90 Å². The zero-order valence-electron chi connectivity index (χ0n) is 12.7. The van der Waals surface area contributed by atoms with Crippen LogP contribution in [0.5, 0.6) is 0 Å². The minimum Gasteiger partial charge on any atom is -0.311 e. The highest BCUT2D eigenvalue weighted by atomic mass is 35.5. The number of anilines is 1. The maximum absolute atomic E-state index is 12.1. The maximum Gasteiger partial charge on any atom is 0.226 e. The van der Waals surface area contributed by atoms with Crippen LogP contribution in [0.1, 0.15) is 26.2 Å². The molecule has 21 heavy (non-hydrogen) atoms. The van der Waals surface area contributed by atoms with Crippen molar-refractivity contribution < 1.29 is 4.79 Å². The molecule has 1 aromatic rings. The highest BCUT2D eigenvalue weighted by Gasteiger charge is 2.16. The second kappa shape index (κ2) is 10.3. The quantitative estimate of drug-likeness (QED) is 0.674. The third-order valence-corrected chi connectivity index (χ3v) is 3.58. The van der Waals surface area contributed by atoms with Gasteiger partial charge < -0.3 is 9.80 Å². The molecule has 0 unspecified atom stereocenters. The highest BCUT2D eigenvalue weighted by molar-refractivity contribution is 6.36. The van der Waals surface area contributed by atoms with E-state index in [0.717, 1.165) is 25.1 Å². The van der Waals surface area contributed by atoms with Gasteiger partial charge in [-0.2, -0.15) is 0 Å². The van der Waals surface area contributed by atoms with Crippen molar-refractivity contribution in [3.63, 3.8) is 0 Å². The molecular weight excluding hydrogens is 331 g/mol. The Morgan fingerprint density at radius 3 is 2.29 bits per heavy atom. The highest BCUT2D eigenvalue weighted by Crippen LogP contribution is 2.29. The van der Waals surface area contributed by atoms with E-state index in [1.807, 2.05) is 27.1 Å². The van der Waals surface area contributed by atoms with Crippen LogP contribution in [0.25, 0.3) is 0 Å². The van der Waals surface area contributed by atoms with E-state index in [0.29, 0.717) is 23.0 Å². The van der Waals surface area contributed by atoms with Crippen LogP contribution in [0.15, 0.2) is 18.2 Å². The standard InChI is InChI=1S/C15H22Cl2N2O.ClH/c1-4-15(20)19(10-6-5-9-18(2)3)14-8-7-12(16)11-13(14)17;/h7-8,11H,4-6,9-10H2,1-3H3;1H. The molecule has 0 heterocycles. The number of carbonyl (C=O) groups excluding carboxylic acids is 1. The molecule has 0 fully saturated rings. The zero-order valence-corrected chi connectivity index (χ0v) is 15.1. The minimum absolute atomic E-state index is 0. The number of benzene rings is 1. The first-order valence-electron chi connectivity index (χ1n) is 6.85. The monoisotopic (exact) mass is 352 g/mol. The van der Waals surface area contributed by atoms with Crippen molar-refractivity contribution in [1.29, 1.82) is 0 Å². The Balaban J connectivity index is 0.00000400. The van der Waals surface area contributed by atoms with Crippen molar-refractivity contribution in [2.45, 2.75) is 26.2 Å². The SMILES string of the molecule is CCC(=O)N(CCCCN(C)C)c1ccc(Cl)cc1Cl.Cl. The van der Waals surface area contributed by atoms with Gasteiger partial charge >= 0.3 is 0 Å². The summed E-state index contributed by atoms with van der Waals surface area (Å²) in [4.78, 5) is 16.0. The predicted octanol–water partition coefficient (Wildman–Crippen LogP) is 4.50. The number of hydrogen-bond donors (Lipinski definition) is 0. The largest absolute Gasteiger partial charge is 0.311 e. The van der Waals surface area contributed by atoms with E-state index in [1.165, 1.54) is 0 Å². The average molecular weight is 354 g/mol. The summed E-state index contributed by atoms with van der Waals surface area (Å²) in [6.45, 7) is 3.56. The van der Waals surface area contributed by atoms with Gasteiger partial charge in [0.2, 0.25) is 5.91 Å². The summed E-state index contributed by atoms with van der Waals surface area (Å²) < 4.78 is 0. The van der Waals surface area contributed by atoms with Gasteiger partial charge in [-0.1, -0.05) is 30.1 Å². The van der Waals surface area contributed by atoms with Crippen molar-refractivity contribution in [2.75, 3.05) is 32.1 Å². The number of amides is 1. The molecule has 0 N–H and O–H groups in total. The summed E-state index contributed by atoms with van der Waals surface area (Å²) in [5, 5.41) is 1.10. The minimum atomic E-state index is 0. The van der Waals surface area contributed by atoms with Gasteiger partial charge in [-0.05, 0) is 51.7 Å². The summed E-state index contributed by atoms with van der Waals surface area (Å²) >= 11 is 12.1. The second-order valence-corrected chi connectivity index (χ2v) is 5.85. The van der Waals surface area contributed by atoms with E-state index < -0.39 is 0 Å². The number of unbranched alkanes of at least 4 members (excludes halogenated alkanes) is 1. The Hall–Kier alpha value is -0.480. The number of carbonyl (C=O) groups is 1. The molecule has 0 aliphatic rings. The second-order valence-electron chi connectivity index (χ2n) is 5.01. The lowest BCUT2D eigenvalue weighted by Gasteiger charge is -2.24. The van der Waals surface area contributed by atoms with Crippen LogP contribution >= 0.6 is 35.6 Å². The van der Waals surface area contributed by atoms with E-state index in [1.54, 1.807) is 17.0 Å². The van der Waals surface area contributed by atoms with Crippen LogP contribution in [-0.2, 0) is 4.79 Å². The lowest BCUT2D eigenvalue weighted by atomic mass is 10.2. The van der Waals surface area contributed by atoms with Crippen molar-refractivity contribution in [2.24, 2.45) is 0 Å². The van der Waals surface area contributed by atoms with E-state index in [-0.39, 0.29) is 18.3 Å². The van der Waals surface area contributed by atoms with Gasteiger partial charge in [0.15, 0.2) is 0 Å². The molecule has 120 valence electrons. The molecule has 0 aliphatic heterocycles. The lowest BCUT2D eigenvalue weighted by Crippen LogP contribution is -2.31. The third-order valence-electron chi connectivity index (χ3n) is 3.04. The summed E-state index contributed by atoms with van der Waals surface area (Å²) in [6.07, 6.45) is 2.46. The van der Waals surface area contributed by atoms with Gasteiger partial charge in [0, 0.05) is 18.0 Å². The van der Waals surface area contributed by atoms with Gasteiger partial charge in [0.25, 0.3) is 0 Å². The number of halogens is 3. The Kier molecular flexibility index (Phi) is 10.0. The molecule has 0 saturated carbocycles. The molecule has 1 rings (SSSR count). The molecule has 0 spiro atoms. The van der Waals surface area contributed by atoms with Gasteiger partial charge in [-0.3, -0.25) is 4.79 Å². The Labute approximate surface area is 143 Å². The molecule has 0 saturated heterocycles. The number of hydrogen-bond acceptors (Lipinski definition) is 2. The molecule has 6 heteroatoms. The Bertz CT molecular complexity index is 453. The molecular formula is C15H23Cl3N2O. The summed E-state index contributed by atoms with van der Waals surface area (Å²) in [5.41, 5.74) is 0.743. The first-order chi connectivity index (χ1) is 9.45. The molecule has 0 aliphatic carbocycles. The van der Waals surface area contributed by atoms with E-state index in [2.05, 4.69) is 4.90 Å². The van der Waals surface area contributed by atoms with E-state index in [4.69, 9.17) is 23.2 Å². The first-order valence-corrected chi connectivity index (χ1v) is 7.61. The molecule has 0 radical (unpaired) electrons. The van der Waals surface area contributed by atoms with E-state index >= 15 is 0 Å².